The Morgan fingerprint density at radius 1 is 0.962 bits per heavy atom. The fourth-order valence-electron chi connectivity index (χ4n) is 4.29. The van der Waals surface area contributed by atoms with E-state index >= 15 is 0 Å². The quantitative estimate of drug-likeness (QED) is 0.778. The lowest BCUT2D eigenvalue weighted by Crippen LogP contribution is -2.58. The van der Waals surface area contributed by atoms with Gasteiger partial charge in [-0.3, -0.25) is 0 Å². The van der Waals surface area contributed by atoms with Crippen molar-refractivity contribution in [3.8, 4) is 0 Å². The van der Waals surface area contributed by atoms with Gasteiger partial charge in [-0.2, -0.15) is 8.61 Å². The number of benzene rings is 1. The normalized spacial score (nSPS) is 26.0. The van der Waals surface area contributed by atoms with Crippen LogP contribution in [0.3, 0.4) is 0 Å². The lowest BCUT2D eigenvalue weighted by molar-refractivity contribution is 0.138. The highest BCUT2D eigenvalue weighted by Gasteiger charge is 2.49. The molecule has 1 atom stereocenters. The number of sulfonamides is 2. The van der Waals surface area contributed by atoms with Crippen molar-refractivity contribution < 1.29 is 16.8 Å². The Morgan fingerprint density at radius 3 is 2.08 bits per heavy atom. The highest BCUT2D eigenvalue weighted by atomic mass is 32.2. The molecule has 0 aromatic heterocycles. The molecule has 2 heterocycles. The molecule has 1 spiro atoms. The van der Waals surface area contributed by atoms with E-state index < -0.39 is 25.6 Å². The first-order valence-electron chi connectivity index (χ1n) is 9.14. The molecule has 0 amide bonds. The monoisotopic (exact) mass is 400 g/mol. The van der Waals surface area contributed by atoms with Gasteiger partial charge < -0.3 is 0 Å². The molecule has 0 radical (unpaired) electrons. The van der Waals surface area contributed by atoms with Crippen LogP contribution in [-0.2, 0) is 20.0 Å². The number of nitrogens with zero attached hydrogens (tertiary/aromatic N) is 2. The summed E-state index contributed by atoms with van der Waals surface area (Å²) in [5.74, 6) is 0.340. The van der Waals surface area contributed by atoms with Gasteiger partial charge in [0.05, 0.1) is 11.2 Å². The second-order valence-corrected chi connectivity index (χ2v) is 11.7. The van der Waals surface area contributed by atoms with E-state index in [2.05, 4.69) is 13.8 Å². The van der Waals surface area contributed by atoms with E-state index in [0.717, 1.165) is 24.8 Å². The van der Waals surface area contributed by atoms with Gasteiger partial charge in [0.25, 0.3) is 0 Å². The summed E-state index contributed by atoms with van der Waals surface area (Å²) in [7, 11) is -6.97. The summed E-state index contributed by atoms with van der Waals surface area (Å²) in [6.07, 6.45) is 4.12. The van der Waals surface area contributed by atoms with E-state index in [0.29, 0.717) is 25.4 Å². The standard InChI is InChI=1S/C18H28N2O4S2/c1-15(2)16-6-8-17(9-7-16)26(23,24)19-12-4-10-18(14-19)11-5-13-20(18)25(3,21)22/h6-9,15H,4-5,10-14H2,1-3H3. The third kappa shape index (κ3) is 3.56. The van der Waals surface area contributed by atoms with Gasteiger partial charge in [0.1, 0.15) is 0 Å². The van der Waals surface area contributed by atoms with E-state index in [1.54, 1.807) is 12.1 Å². The predicted octanol–water partition coefficient (Wildman–Crippen LogP) is 2.39. The lowest BCUT2D eigenvalue weighted by Gasteiger charge is -2.44. The lowest BCUT2D eigenvalue weighted by atomic mass is 9.89. The Morgan fingerprint density at radius 2 is 1.54 bits per heavy atom. The van der Waals surface area contributed by atoms with Crippen LogP contribution in [0.25, 0.3) is 0 Å². The van der Waals surface area contributed by atoms with Crippen LogP contribution in [0.1, 0.15) is 51.0 Å². The van der Waals surface area contributed by atoms with Crippen molar-refractivity contribution in [3.05, 3.63) is 29.8 Å². The molecule has 0 N–H and O–H groups in total. The zero-order chi connectivity index (χ0) is 19.2. The fourth-order valence-corrected chi connectivity index (χ4v) is 7.25. The molecule has 3 rings (SSSR count). The van der Waals surface area contributed by atoms with Gasteiger partial charge in [-0.05, 0) is 49.3 Å². The minimum absolute atomic E-state index is 0.244. The van der Waals surface area contributed by atoms with Gasteiger partial charge in [0.15, 0.2) is 0 Å². The number of rotatable bonds is 4. The molecule has 2 aliphatic heterocycles. The van der Waals surface area contributed by atoms with Crippen molar-refractivity contribution in [2.24, 2.45) is 0 Å². The second-order valence-electron chi connectivity index (χ2n) is 7.83. The summed E-state index contributed by atoms with van der Waals surface area (Å²) in [5.41, 5.74) is 0.509. The zero-order valence-electron chi connectivity index (χ0n) is 15.7. The zero-order valence-corrected chi connectivity index (χ0v) is 17.3. The molecular weight excluding hydrogens is 372 g/mol. The molecule has 2 saturated heterocycles. The maximum atomic E-state index is 13.1. The van der Waals surface area contributed by atoms with Crippen LogP contribution in [0.15, 0.2) is 29.2 Å². The molecule has 1 aromatic rings. The summed E-state index contributed by atoms with van der Waals surface area (Å²) in [6, 6.07) is 7.04. The second kappa shape index (κ2) is 6.89. The van der Waals surface area contributed by atoms with Crippen LogP contribution in [0, 0.1) is 0 Å². The molecule has 2 aliphatic rings. The minimum Gasteiger partial charge on any atom is -0.212 e. The third-order valence-corrected chi connectivity index (χ3v) is 8.87. The van der Waals surface area contributed by atoms with E-state index in [4.69, 9.17) is 0 Å². The number of piperidine rings is 1. The Kier molecular flexibility index (Phi) is 5.24. The maximum Gasteiger partial charge on any atom is 0.243 e. The average molecular weight is 401 g/mol. The van der Waals surface area contributed by atoms with Crippen molar-refractivity contribution in [3.63, 3.8) is 0 Å². The molecule has 0 saturated carbocycles. The van der Waals surface area contributed by atoms with Crippen LogP contribution < -0.4 is 0 Å². The Bertz CT molecular complexity index is 863. The van der Waals surface area contributed by atoms with Crippen molar-refractivity contribution in [1.29, 1.82) is 0 Å². The highest BCUT2D eigenvalue weighted by molar-refractivity contribution is 7.89. The maximum absolute atomic E-state index is 13.1. The van der Waals surface area contributed by atoms with Crippen LogP contribution in [0.5, 0.6) is 0 Å². The summed E-state index contributed by atoms with van der Waals surface area (Å²) in [4.78, 5) is 0.280. The van der Waals surface area contributed by atoms with Crippen LogP contribution in [0.4, 0.5) is 0 Å². The topological polar surface area (TPSA) is 74.8 Å². The van der Waals surface area contributed by atoms with E-state index in [9.17, 15) is 16.8 Å². The smallest absolute Gasteiger partial charge is 0.212 e. The van der Waals surface area contributed by atoms with Crippen LogP contribution in [-0.4, -0.2) is 56.9 Å². The summed E-state index contributed by atoms with van der Waals surface area (Å²) < 4.78 is 53.6. The molecule has 26 heavy (non-hydrogen) atoms. The van der Waals surface area contributed by atoms with Gasteiger partial charge in [0, 0.05) is 25.2 Å². The molecule has 6 nitrogen and oxygen atoms in total. The average Bonchev–Trinajstić information content (AvgIpc) is 2.98. The Hall–Kier alpha value is -0.960. The van der Waals surface area contributed by atoms with Gasteiger partial charge >= 0.3 is 0 Å². The highest BCUT2D eigenvalue weighted by Crippen LogP contribution is 2.40. The van der Waals surface area contributed by atoms with Crippen molar-refractivity contribution in [1.82, 2.24) is 8.61 Å². The van der Waals surface area contributed by atoms with Crippen LogP contribution in [0.2, 0.25) is 0 Å². The minimum atomic E-state index is -3.63. The van der Waals surface area contributed by atoms with Gasteiger partial charge in [-0.1, -0.05) is 26.0 Å². The first kappa shape index (κ1) is 19.8. The SMILES string of the molecule is CC(C)c1ccc(S(=O)(=O)N2CCCC3(CCCN3S(C)(=O)=O)C2)cc1. The number of hydrogen-bond acceptors (Lipinski definition) is 4. The van der Waals surface area contributed by atoms with Gasteiger partial charge in [-0.25, -0.2) is 16.8 Å². The summed E-state index contributed by atoms with van der Waals surface area (Å²) in [6.45, 7) is 5.30. The fraction of sp³-hybridized carbons (Fsp3) is 0.667. The van der Waals surface area contributed by atoms with Crippen molar-refractivity contribution in [2.45, 2.75) is 55.9 Å². The van der Waals surface area contributed by atoms with Crippen LogP contribution >= 0.6 is 0 Å². The number of hydrogen-bond donors (Lipinski definition) is 0. The molecule has 1 aromatic carbocycles. The molecule has 8 heteroatoms. The summed E-state index contributed by atoms with van der Waals surface area (Å²) >= 11 is 0. The van der Waals surface area contributed by atoms with Crippen molar-refractivity contribution >= 4 is 20.0 Å². The Balaban J connectivity index is 1.89. The first-order chi connectivity index (χ1) is 12.1. The van der Waals surface area contributed by atoms with Gasteiger partial charge in [-0.15, -0.1) is 0 Å². The van der Waals surface area contributed by atoms with E-state index in [-0.39, 0.29) is 11.4 Å². The molecular formula is C18H28N2O4S2. The largest absolute Gasteiger partial charge is 0.243 e. The molecule has 0 bridgehead atoms. The third-order valence-electron chi connectivity index (χ3n) is 5.64. The molecule has 0 aliphatic carbocycles. The van der Waals surface area contributed by atoms with Crippen molar-refractivity contribution in [2.75, 3.05) is 25.9 Å². The summed E-state index contributed by atoms with van der Waals surface area (Å²) in [5, 5.41) is 0. The molecule has 1 unspecified atom stereocenters. The predicted molar refractivity (Wildman–Crippen MR) is 102 cm³/mol. The Labute approximate surface area is 157 Å². The first-order valence-corrected chi connectivity index (χ1v) is 12.4. The van der Waals surface area contributed by atoms with Gasteiger partial charge in [0.2, 0.25) is 20.0 Å². The van der Waals surface area contributed by atoms with E-state index in [1.807, 2.05) is 12.1 Å². The van der Waals surface area contributed by atoms with E-state index in [1.165, 1.54) is 14.9 Å². The molecule has 2 fully saturated rings. The molecule has 146 valence electrons.